The lowest BCUT2D eigenvalue weighted by molar-refractivity contribution is -0.141. The Morgan fingerprint density at radius 2 is 1.73 bits per heavy atom. The molecule has 1 fully saturated rings. The Bertz CT molecular complexity index is 869. The first kappa shape index (κ1) is 25.6. The highest BCUT2D eigenvalue weighted by molar-refractivity contribution is 7.98. The number of rotatable bonds is 11. The first-order valence-electron chi connectivity index (χ1n) is 12.0. The summed E-state index contributed by atoms with van der Waals surface area (Å²) >= 11 is 7.80. The van der Waals surface area contributed by atoms with Gasteiger partial charge < -0.3 is 10.2 Å². The lowest BCUT2D eigenvalue weighted by Crippen LogP contribution is -2.51. The Morgan fingerprint density at radius 1 is 1.03 bits per heavy atom. The molecule has 1 N–H and O–H groups in total. The van der Waals surface area contributed by atoms with Gasteiger partial charge in [0.05, 0.1) is 0 Å². The van der Waals surface area contributed by atoms with Gasteiger partial charge >= 0.3 is 0 Å². The van der Waals surface area contributed by atoms with Crippen LogP contribution in [0.1, 0.15) is 63.0 Å². The summed E-state index contributed by atoms with van der Waals surface area (Å²) in [4.78, 5) is 28.3. The number of carbonyl (C=O) groups is 2. The van der Waals surface area contributed by atoms with Crippen molar-refractivity contribution in [2.45, 2.75) is 76.3 Å². The van der Waals surface area contributed by atoms with E-state index in [0.717, 1.165) is 42.8 Å². The Kier molecular flexibility index (Phi) is 10.6. The monoisotopic (exact) mass is 486 g/mol. The first-order valence-corrected chi connectivity index (χ1v) is 13.6. The molecule has 0 aliphatic heterocycles. The summed E-state index contributed by atoms with van der Waals surface area (Å²) in [5.74, 6) is 1.61. The number of amides is 2. The molecule has 1 saturated carbocycles. The van der Waals surface area contributed by atoms with Gasteiger partial charge in [-0.3, -0.25) is 9.59 Å². The molecule has 3 rings (SSSR count). The Labute approximate surface area is 207 Å². The van der Waals surface area contributed by atoms with E-state index in [-0.39, 0.29) is 17.9 Å². The van der Waals surface area contributed by atoms with Gasteiger partial charge in [-0.05, 0) is 42.5 Å². The van der Waals surface area contributed by atoms with Crippen molar-refractivity contribution in [2.24, 2.45) is 0 Å². The minimum Gasteiger partial charge on any atom is -0.352 e. The van der Waals surface area contributed by atoms with Gasteiger partial charge in [-0.25, -0.2) is 0 Å². The normalized spacial score (nSPS) is 15.1. The van der Waals surface area contributed by atoms with E-state index < -0.39 is 6.04 Å². The number of nitrogens with one attached hydrogen (secondary N) is 1. The topological polar surface area (TPSA) is 49.4 Å². The molecule has 2 amide bonds. The Hall–Kier alpha value is -1.98. The van der Waals surface area contributed by atoms with E-state index in [1.807, 2.05) is 49.4 Å². The quantitative estimate of drug-likeness (QED) is 0.383. The second kappa shape index (κ2) is 13.7. The molecule has 1 aliphatic carbocycles. The third-order valence-electron chi connectivity index (χ3n) is 6.18. The van der Waals surface area contributed by atoms with Crippen molar-refractivity contribution in [3.8, 4) is 0 Å². The first-order chi connectivity index (χ1) is 16.1. The number of hydrogen-bond acceptors (Lipinski definition) is 3. The van der Waals surface area contributed by atoms with E-state index in [1.54, 1.807) is 16.7 Å². The van der Waals surface area contributed by atoms with Gasteiger partial charge in [0, 0.05) is 35.5 Å². The highest BCUT2D eigenvalue weighted by Crippen LogP contribution is 2.21. The Balaban J connectivity index is 1.64. The minimum atomic E-state index is -0.464. The molecule has 2 aromatic rings. The third kappa shape index (κ3) is 8.38. The van der Waals surface area contributed by atoms with E-state index in [2.05, 4.69) is 17.4 Å². The largest absolute Gasteiger partial charge is 0.352 e. The van der Waals surface area contributed by atoms with Gasteiger partial charge in [-0.15, -0.1) is 0 Å². The summed E-state index contributed by atoms with van der Waals surface area (Å²) < 4.78 is 0. The van der Waals surface area contributed by atoms with Crippen molar-refractivity contribution < 1.29 is 9.59 Å². The fourth-order valence-electron chi connectivity index (χ4n) is 4.32. The SMILES string of the molecule is CC[C@@H](C(=O)NC1CCCCC1)N(Cc1ccc(Cl)cc1)C(=O)CCSCc1ccccc1. The standard InChI is InChI=1S/C27H35ClN2O2S/c1-2-25(27(32)29-24-11-7-4-8-12-24)30(19-21-13-15-23(28)16-14-21)26(31)17-18-33-20-22-9-5-3-6-10-22/h3,5-6,9-10,13-16,24-25H,2,4,7-8,11-12,17-20H2,1H3,(H,29,32)/t25-/m0/s1. The number of halogens is 1. The molecule has 0 saturated heterocycles. The second-order valence-corrected chi connectivity index (χ2v) is 10.2. The number of hydrogen-bond donors (Lipinski definition) is 1. The van der Waals surface area contributed by atoms with Crippen molar-refractivity contribution in [1.82, 2.24) is 10.2 Å². The van der Waals surface area contributed by atoms with E-state index >= 15 is 0 Å². The predicted molar refractivity (Wildman–Crippen MR) is 138 cm³/mol. The smallest absolute Gasteiger partial charge is 0.243 e. The van der Waals surface area contributed by atoms with Crippen LogP contribution in [-0.4, -0.2) is 34.6 Å². The average Bonchev–Trinajstić information content (AvgIpc) is 2.84. The average molecular weight is 487 g/mol. The van der Waals surface area contributed by atoms with E-state index in [4.69, 9.17) is 11.6 Å². The summed E-state index contributed by atoms with van der Waals surface area (Å²) in [7, 11) is 0. The maximum absolute atomic E-state index is 13.3. The van der Waals surface area contributed by atoms with Gasteiger partial charge in [0.25, 0.3) is 0 Å². The molecule has 2 aromatic carbocycles. The maximum Gasteiger partial charge on any atom is 0.243 e. The van der Waals surface area contributed by atoms with Crippen LogP contribution in [0.4, 0.5) is 0 Å². The van der Waals surface area contributed by atoms with Crippen LogP contribution < -0.4 is 5.32 Å². The van der Waals surface area contributed by atoms with Gasteiger partial charge in [0.1, 0.15) is 6.04 Å². The van der Waals surface area contributed by atoms with Crippen molar-refractivity contribution in [3.05, 3.63) is 70.7 Å². The van der Waals surface area contributed by atoms with Gasteiger partial charge in [-0.2, -0.15) is 11.8 Å². The fourth-order valence-corrected chi connectivity index (χ4v) is 5.34. The summed E-state index contributed by atoms with van der Waals surface area (Å²) in [5.41, 5.74) is 2.24. The summed E-state index contributed by atoms with van der Waals surface area (Å²) in [6.45, 7) is 2.40. The van der Waals surface area contributed by atoms with Gasteiger partial charge in [-0.1, -0.05) is 80.3 Å². The highest BCUT2D eigenvalue weighted by atomic mass is 35.5. The zero-order valence-electron chi connectivity index (χ0n) is 19.5. The maximum atomic E-state index is 13.3. The molecule has 1 aliphatic rings. The van der Waals surface area contributed by atoms with Crippen LogP contribution in [0.2, 0.25) is 5.02 Å². The summed E-state index contributed by atoms with van der Waals surface area (Å²) in [5, 5.41) is 3.89. The van der Waals surface area contributed by atoms with Crippen molar-refractivity contribution in [3.63, 3.8) is 0 Å². The van der Waals surface area contributed by atoms with Crippen LogP contribution in [0.3, 0.4) is 0 Å². The molecule has 1 atom stereocenters. The lowest BCUT2D eigenvalue weighted by Gasteiger charge is -2.33. The summed E-state index contributed by atoms with van der Waals surface area (Å²) in [6.07, 6.45) is 6.63. The van der Waals surface area contributed by atoms with Crippen LogP contribution in [0.25, 0.3) is 0 Å². The Morgan fingerprint density at radius 3 is 2.39 bits per heavy atom. The zero-order chi connectivity index (χ0) is 23.5. The van der Waals surface area contributed by atoms with Gasteiger partial charge in [0.15, 0.2) is 0 Å². The molecule has 0 unspecified atom stereocenters. The predicted octanol–water partition coefficient (Wildman–Crippen LogP) is 6.22. The molecular formula is C27H35ClN2O2S. The molecule has 0 heterocycles. The molecule has 0 bridgehead atoms. The minimum absolute atomic E-state index is 0.0242. The highest BCUT2D eigenvalue weighted by Gasteiger charge is 2.30. The van der Waals surface area contributed by atoms with Crippen molar-refractivity contribution >= 4 is 35.2 Å². The van der Waals surface area contributed by atoms with E-state index in [9.17, 15) is 9.59 Å². The third-order valence-corrected chi connectivity index (χ3v) is 7.46. The number of nitrogens with zero attached hydrogens (tertiary/aromatic N) is 1. The van der Waals surface area contributed by atoms with Crippen LogP contribution in [-0.2, 0) is 21.9 Å². The number of thioether (sulfide) groups is 1. The number of benzene rings is 2. The van der Waals surface area contributed by atoms with E-state index in [0.29, 0.717) is 24.4 Å². The molecule has 178 valence electrons. The fraction of sp³-hybridized carbons (Fsp3) is 0.481. The van der Waals surface area contributed by atoms with Crippen LogP contribution in [0, 0.1) is 0 Å². The molecule has 0 spiro atoms. The second-order valence-electron chi connectivity index (χ2n) is 8.70. The van der Waals surface area contributed by atoms with Crippen molar-refractivity contribution in [1.29, 1.82) is 0 Å². The van der Waals surface area contributed by atoms with Crippen LogP contribution >= 0.6 is 23.4 Å². The molecular weight excluding hydrogens is 452 g/mol. The van der Waals surface area contributed by atoms with Crippen molar-refractivity contribution in [2.75, 3.05) is 5.75 Å². The molecule has 0 aromatic heterocycles. The summed E-state index contributed by atoms with van der Waals surface area (Å²) in [6, 6.07) is 17.6. The van der Waals surface area contributed by atoms with Gasteiger partial charge in [0.2, 0.25) is 11.8 Å². The molecule has 33 heavy (non-hydrogen) atoms. The zero-order valence-corrected chi connectivity index (χ0v) is 21.0. The van der Waals surface area contributed by atoms with Crippen LogP contribution in [0.15, 0.2) is 54.6 Å². The molecule has 0 radical (unpaired) electrons. The molecule has 4 nitrogen and oxygen atoms in total. The lowest BCUT2D eigenvalue weighted by atomic mass is 9.95. The van der Waals surface area contributed by atoms with E-state index in [1.165, 1.54) is 12.0 Å². The van der Waals surface area contributed by atoms with Crippen LogP contribution in [0.5, 0.6) is 0 Å². The molecule has 6 heteroatoms. The number of carbonyl (C=O) groups excluding carboxylic acids is 2.